The van der Waals surface area contributed by atoms with E-state index in [1.807, 2.05) is 0 Å². The third-order valence-electron chi connectivity index (χ3n) is 10.4. The first kappa shape index (κ1) is 29.2. The van der Waals surface area contributed by atoms with Crippen molar-refractivity contribution in [3.8, 4) is 50.3 Å². The number of fused-ring (bicyclic) bond motifs is 7. The number of aromatic nitrogens is 1. The van der Waals surface area contributed by atoms with E-state index in [4.69, 9.17) is 0 Å². The van der Waals surface area contributed by atoms with Crippen LogP contribution in [-0.4, -0.2) is 4.57 Å². The monoisotopic (exact) mass is 647 g/mol. The molecule has 51 heavy (non-hydrogen) atoms. The highest BCUT2D eigenvalue weighted by atomic mass is 15.0. The van der Waals surface area contributed by atoms with Gasteiger partial charge in [-0.2, -0.15) is 0 Å². The Kier molecular flexibility index (Phi) is 6.89. The van der Waals surface area contributed by atoms with Gasteiger partial charge in [0, 0.05) is 16.6 Å². The lowest BCUT2D eigenvalue weighted by molar-refractivity contribution is 1.13. The largest absolute Gasteiger partial charge is 0.309 e. The molecular formula is C50H33N. The van der Waals surface area contributed by atoms with E-state index >= 15 is 0 Å². The van der Waals surface area contributed by atoms with Crippen molar-refractivity contribution in [2.24, 2.45) is 0 Å². The van der Waals surface area contributed by atoms with E-state index in [1.165, 1.54) is 87.9 Å². The highest BCUT2D eigenvalue weighted by molar-refractivity contribution is 6.25. The highest BCUT2D eigenvalue weighted by Gasteiger charge is 2.22. The highest BCUT2D eigenvalue weighted by Crippen LogP contribution is 2.44. The molecule has 1 aromatic heterocycles. The average Bonchev–Trinajstić information content (AvgIpc) is 3.56. The lowest BCUT2D eigenvalue weighted by Crippen LogP contribution is -1.97. The Morgan fingerprint density at radius 2 is 0.686 bits per heavy atom. The van der Waals surface area contributed by atoms with E-state index in [0.29, 0.717) is 0 Å². The summed E-state index contributed by atoms with van der Waals surface area (Å²) in [5.74, 6) is 0. The minimum absolute atomic E-state index is 1.15. The third-order valence-corrected chi connectivity index (χ3v) is 10.4. The summed E-state index contributed by atoms with van der Waals surface area (Å²) in [6, 6.07) is 72.9. The Balaban J connectivity index is 1.17. The first-order valence-corrected chi connectivity index (χ1v) is 17.6. The van der Waals surface area contributed by atoms with E-state index in [1.54, 1.807) is 0 Å². The molecule has 0 radical (unpaired) electrons. The Bertz CT molecular complexity index is 2850. The van der Waals surface area contributed by atoms with Gasteiger partial charge in [0.15, 0.2) is 0 Å². The number of hydrogen-bond donors (Lipinski definition) is 0. The summed E-state index contributed by atoms with van der Waals surface area (Å²) in [4.78, 5) is 0. The van der Waals surface area contributed by atoms with Gasteiger partial charge < -0.3 is 4.57 Å². The summed E-state index contributed by atoms with van der Waals surface area (Å²) in [6.45, 7) is 0. The molecule has 0 amide bonds. The third kappa shape index (κ3) is 4.86. The average molecular weight is 648 g/mol. The summed E-state index contributed by atoms with van der Waals surface area (Å²) in [5, 5.41) is 9.00. The van der Waals surface area contributed by atoms with Crippen LogP contribution >= 0.6 is 0 Å². The normalized spacial score (nSPS) is 11.5. The SMILES string of the molecule is c1ccc(-c2c(-c3ccccc3)n(-c3ccccc3)c3ccc(-c4cccc(-c5ccc6c7ccccc7c7ccccc7c6c5)c4)cc23)cc1. The fraction of sp³-hybridized carbons (Fsp3) is 0. The van der Waals surface area contributed by atoms with Crippen LogP contribution in [0.4, 0.5) is 0 Å². The topological polar surface area (TPSA) is 4.93 Å². The van der Waals surface area contributed by atoms with Crippen molar-refractivity contribution >= 4 is 43.2 Å². The van der Waals surface area contributed by atoms with Gasteiger partial charge in [-0.1, -0.05) is 164 Å². The van der Waals surface area contributed by atoms with Gasteiger partial charge in [0.2, 0.25) is 0 Å². The molecule has 1 heterocycles. The van der Waals surface area contributed by atoms with Gasteiger partial charge in [0.1, 0.15) is 0 Å². The minimum atomic E-state index is 1.15. The molecule has 238 valence electrons. The van der Waals surface area contributed by atoms with Crippen molar-refractivity contribution in [3.63, 3.8) is 0 Å². The first-order valence-electron chi connectivity index (χ1n) is 17.6. The molecule has 0 saturated carbocycles. The second-order valence-electron chi connectivity index (χ2n) is 13.3. The van der Waals surface area contributed by atoms with Crippen LogP contribution in [0.25, 0.3) is 93.5 Å². The smallest absolute Gasteiger partial charge is 0.0619 e. The number of nitrogens with zero attached hydrogens (tertiary/aromatic N) is 1. The van der Waals surface area contributed by atoms with Crippen molar-refractivity contribution < 1.29 is 0 Å². The van der Waals surface area contributed by atoms with E-state index in [0.717, 1.165) is 5.69 Å². The molecule has 10 aromatic rings. The second kappa shape index (κ2) is 12.0. The van der Waals surface area contributed by atoms with Crippen LogP contribution in [0, 0.1) is 0 Å². The predicted molar refractivity (Wildman–Crippen MR) is 218 cm³/mol. The molecule has 0 unspecified atom stereocenters. The Morgan fingerprint density at radius 3 is 1.29 bits per heavy atom. The quantitative estimate of drug-likeness (QED) is 0.164. The summed E-state index contributed by atoms with van der Waals surface area (Å²) in [5.41, 5.74) is 12.0. The number of benzene rings is 9. The fourth-order valence-electron chi connectivity index (χ4n) is 8.05. The first-order chi connectivity index (χ1) is 25.3. The van der Waals surface area contributed by atoms with Crippen molar-refractivity contribution in [1.82, 2.24) is 4.57 Å². The van der Waals surface area contributed by atoms with Gasteiger partial charge in [-0.25, -0.2) is 0 Å². The summed E-state index contributed by atoms with van der Waals surface area (Å²) in [7, 11) is 0. The standard InChI is InChI=1S/C50H33N/c1-4-15-34(16-5-1)49-47-33-39(28-30-48(47)51(40-21-8-3-9-22-40)50(49)35-17-6-2-7-18-35)37-20-14-19-36(31-37)38-27-29-45-43-25-11-10-23-41(43)42-24-12-13-26-44(42)46(45)32-38/h1-33H. The zero-order chi connectivity index (χ0) is 33.7. The lowest BCUT2D eigenvalue weighted by atomic mass is 9.91. The molecule has 0 aliphatic heterocycles. The van der Waals surface area contributed by atoms with Crippen molar-refractivity contribution in [3.05, 3.63) is 200 Å². The Morgan fingerprint density at radius 1 is 0.255 bits per heavy atom. The molecule has 0 saturated heterocycles. The maximum Gasteiger partial charge on any atom is 0.0619 e. The summed E-state index contributed by atoms with van der Waals surface area (Å²) >= 11 is 0. The van der Waals surface area contributed by atoms with Crippen LogP contribution in [0.3, 0.4) is 0 Å². The van der Waals surface area contributed by atoms with Crippen molar-refractivity contribution in [2.75, 3.05) is 0 Å². The maximum atomic E-state index is 2.43. The van der Waals surface area contributed by atoms with Crippen molar-refractivity contribution in [2.45, 2.75) is 0 Å². The molecule has 10 rings (SSSR count). The predicted octanol–water partition coefficient (Wildman–Crippen LogP) is 13.8. The van der Waals surface area contributed by atoms with Crippen LogP contribution in [0.2, 0.25) is 0 Å². The molecule has 0 atom stereocenters. The van der Waals surface area contributed by atoms with E-state index in [9.17, 15) is 0 Å². The molecule has 0 N–H and O–H groups in total. The molecule has 0 spiro atoms. The molecular weight excluding hydrogens is 615 g/mol. The van der Waals surface area contributed by atoms with Crippen LogP contribution in [0.15, 0.2) is 200 Å². The Hall–Kier alpha value is -6.70. The molecule has 1 heteroatoms. The number of rotatable bonds is 5. The molecule has 0 aliphatic carbocycles. The van der Waals surface area contributed by atoms with Gasteiger partial charge in [-0.15, -0.1) is 0 Å². The number of para-hydroxylation sites is 1. The van der Waals surface area contributed by atoms with Gasteiger partial charge in [0.25, 0.3) is 0 Å². The molecule has 0 aliphatic rings. The molecule has 1 nitrogen and oxygen atoms in total. The Labute approximate surface area is 297 Å². The second-order valence-corrected chi connectivity index (χ2v) is 13.3. The molecule has 0 bridgehead atoms. The van der Waals surface area contributed by atoms with E-state index in [2.05, 4.69) is 205 Å². The number of hydrogen-bond acceptors (Lipinski definition) is 0. The van der Waals surface area contributed by atoms with Gasteiger partial charge in [-0.3, -0.25) is 0 Å². The minimum Gasteiger partial charge on any atom is -0.309 e. The van der Waals surface area contributed by atoms with Crippen molar-refractivity contribution in [1.29, 1.82) is 0 Å². The van der Waals surface area contributed by atoms with Crippen LogP contribution in [0.1, 0.15) is 0 Å². The van der Waals surface area contributed by atoms with Gasteiger partial charge >= 0.3 is 0 Å². The van der Waals surface area contributed by atoms with Gasteiger partial charge in [-0.05, 0) is 102 Å². The van der Waals surface area contributed by atoms with E-state index < -0.39 is 0 Å². The summed E-state index contributed by atoms with van der Waals surface area (Å²) in [6.07, 6.45) is 0. The lowest BCUT2D eigenvalue weighted by Gasteiger charge is -2.13. The molecule has 0 fully saturated rings. The van der Waals surface area contributed by atoms with Gasteiger partial charge in [0.05, 0.1) is 11.2 Å². The van der Waals surface area contributed by atoms with Crippen LogP contribution in [0.5, 0.6) is 0 Å². The zero-order valence-corrected chi connectivity index (χ0v) is 28.0. The van der Waals surface area contributed by atoms with E-state index in [-0.39, 0.29) is 0 Å². The molecule has 9 aromatic carbocycles. The summed E-state index contributed by atoms with van der Waals surface area (Å²) < 4.78 is 2.43. The van der Waals surface area contributed by atoms with Crippen LogP contribution < -0.4 is 0 Å². The maximum absolute atomic E-state index is 2.43. The van der Waals surface area contributed by atoms with Crippen LogP contribution in [-0.2, 0) is 0 Å². The zero-order valence-electron chi connectivity index (χ0n) is 28.0. The fourth-order valence-corrected chi connectivity index (χ4v) is 8.05.